The van der Waals surface area contributed by atoms with Gasteiger partial charge in [0.05, 0.1) is 6.54 Å². The average molecular weight is 339 g/mol. The van der Waals surface area contributed by atoms with Gasteiger partial charge in [0.2, 0.25) is 11.7 Å². The third-order valence-electron chi connectivity index (χ3n) is 3.98. The van der Waals surface area contributed by atoms with Crippen LogP contribution < -0.4 is 5.73 Å². The largest absolute Gasteiger partial charge is 0.451 e. The number of hydrogen-bond acceptors (Lipinski definition) is 4. The van der Waals surface area contributed by atoms with E-state index in [1.165, 1.54) is 4.90 Å². The van der Waals surface area contributed by atoms with Crippen molar-refractivity contribution in [3.8, 4) is 0 Å². The molecule has 6 nitrogen and oxygen atoms in total. The van der Waals surface area contributed by atoms with E-state index in [4.69, 9.17) is 5.73 Å². The number of aromatic nitrogens is 3. The second-order valence-electron chi connectivity index (χ2n) is 5.63. The molecule has 0 aliphatic carbocycles. The first-order valence-corrected chi connectivity index (χ1v) is 7.44. The zero-order valence-corrected chi connectivity index (χ0v) is 12.7. The first-order chi connectivity index (χ1) is 11.4. The Kier molecular flexibility index (Phi) is 4.27. The Morgan fingerprint density at radius 1 is 1.21 bits per heavy atom. The first kappa shape index (κ1) is 16.4. The van der Waals surface area contributed by atoms with Gasteiger partial charge >= 0.3 is 6.18 Å². The van der Waals surface area contributed by atoms with E-state index in [2.05, 4.69) is 10.2 Å². The number of benzene rings is 1. The molecule has 1 atom stereocenters. The number of rotatable bonds is 3. The Labute approximate surface area is 136 Å². The lowest BCUT2D eigenvalue weighted by Gasteiger charge is -2.29. The maximum Gasteiger partial charge on any atom is 0.451 e. The molecule has 1 unspecified atom stereocenters. The number of nitrogens with two attached hydrogens (primary N) is 1. The molecule has 24 heavy (non-hydrogen) atoms. The van der Waals surface area contributed by atoms with E-state index in [1.54, 1.807) is 0 Å². The number of halogens is 3. The standard InChI is InChI=1S/C15H16F3N5O/c16-15(17,18)14-21-20-12-9-22(6-7-23(12)14)13(24)8-11(19)10-4-2-1-3-5-10/h1-5,11H,6-9,19H2. The van der Waals surface area contributed by atoms with Crippen LogP contribution in [0.2, 0.25) is 0 Å². The van der Waals surface area contributed by atoms with Crippen LogP contribution in [0, 0.1) is 0 Å². The number of nitrogens with zero attached hydrogens (tertiary/aromatic N) is 4. The highest BCUT2D eigenvalue weighted by atomic mass is 19.4. The summed E-state index contributed by atoms with van der Waals surface area (Å²) < 4.78 is 39.4. The van der Waals surface area contributed by atoms with Gasteiger partial charge in [-0.15, -0.1) is 10.2 Å². The van der Waals surface area contributed by atoms with Crippen molar-refractivity contribution in [3.05, 3.63) is 47.5 Å². The maximum atomic E-state index is 12.8. The van der Waals surface area contributed by atoms with Gasteiger partial charge in [0.1, 0.15) is 0 Å². The molecule has 2 N–H and O–H groups in total. The third kappa shape index (κ3) is 3.25. The lowest BCUT2D eigenvalue weighted by molar-refractivity contribution is -0.148. The Hall–Kier alpha value is -2.42. The van der Waals surface area contributed by atoms with Crippen LogP contribution in [0.1, 0.15) is 29.7 Å². The van der Waals surface area contributed by atoms with Crippen LogP contribution in [0.15, 0.2) is 30.3 Å². The predicted octanol–water partition coefficient (Wildman–Crippen LogP) is 1.73. The molecular formula is C15H16F3N5O. The van der Waals surface area contributed by atoms with Gasteiger partial charge in [-0.3, -0.25) is 4.79 Å². The Balaban J connectivity index is 1.67. The van der Waals surface area contributed by atoms with Gasteiger partial charge in [0.15, 0.2) is 5.82 Å². The van der Waals surface area contributed by atoms with E-state index in [0.29, 0.717) is 0 Å². The molecule has 9 heteroatoms. The third-order valence-corrected chi connectivity index (χ3v) is 3.98. The Morgan fingerprint density at radius 3 is 2.58 bits per heavy atom. The van der Waals surface area contributed by atoms with Crippen molar-refractivity contribution in [1.29, 1.82) is 0 Å². The van der Waals surface area contributed by atoms with E-state index in [0.717, 1.165) is 10.1 Å². The minimum Gasteiger partial charge on any atom is -0.333 e. The monoisotopic (exact) mass is 339 g/mol. The topological polar surface area (TPSA) is 77.0 Å². The van der Waals surface area contributed by atoms with E-state index < -0.39 is 18.0 Å². The van der Waals surface area contributed by atoms with Crippen LogP contribution in [0.5, 0.6) is 0 Å². The highest BCUT2D eigenvalue weighted by molar-refractivity contribution is 5.77. The van der Waals surface area contributed by atoms with Crippen molar-refractivity contribution in [2.75, 3.05) is 6.54 Å². The zero-order chi connectivity index (χ0) is 17.3. The maximum absolute atomic E-state index is 12.8. The predicted molar refractivity (Wildman–Crippen MR) is 78.4 cm³/mol. The molecule has 1 aromatic carbocycles. The molecule has 0 bridgehead atoms. The number of fused-ring (bicyclic) bond motifs is 1. The Morgan fingerprint density at radius 2 is 1.92 bits per heavy atom. The van der Waals surface area contributed by atoms with Gasteiger partial charge in [-0.1, -0.05) is 30.3 Å². The van der Waals surface area contributed by atoms with Crippen LogP contribution in [0.3, 0.4) is 0 Å². The van der Waals surface area contributed by atoms with Crippen LogP contribution in [0.25, 0.3) is 0 Å². The van der Waals surface area contributed by atoms with Crippen molar-refractivity contribution in [2.24, 2.45) is 5.73 Å². The molecular weight excluding hydrogens is 323 g/mol. The average Bonchev–Trinajstić information content (AvgIpc) is 2.98. The molecule has 0 saturated heterocycles. The molecule has 128 valence electrons. The number of amides is 1. The molecule has 3 rings (SSSR count). The highest BCUT2D eigenvalue weighted by Crippen LogP contribution is 2.29. The molecule has 0 radical (unpaired) electrons. The minimum absolute atomic E-state index is 0.00340. The van der Waals surface area contributed by atoms with Crippen LogP contribution in [-0.4, -0.2) is 32.1 Å². The summed E-state index contributed by atoms with van der Waals surface area (Å²) in [6.45, 7) is 0.196. The van der Waals surface area contributed by atoms with Crippen LogP contribution >= 0.6 is 0 Å². The molecule has 0 fully saturated rings. The smallest absolute Gasteiger partial charge is 0.333 e. The summed E-state index contributed by atoms with van der Waals surface area (Å²) in [7, 11) is 0. The summed E-state index contributed by atoms with van der Waals surface area (Å²) in [5.74, 6) is -1.10. The first-order valence-electron chi connectivity index (χ1n) is 7.44. The van der Waals surface area contributed by atoms with E-state index in [1.807, 2.05) is 30.3 Å². The van der Waals surface area contributed by atoms with Gasteiger partial charge in [-0.2, -0.15) is 13.2 Å². The fraction of sp³-hybridized carbons (Fsp3) is 0.400. The second-order valence-corrected chi connectivity index (χ2v) is 5.63. The normalized spacial score (nSPS) is 15.9. The lowest BCUT2D eigenvalue weighted by atomic mass is 10.0. The van der Waals surface area contributed by atoms with Crippen molar-refractivity contribution >= 4 is 5.91 Å². The second kappa shape index (κ2) is 6.23. The summed E-state index contributed by atoms with van der Waals surface area (Å²) in [6.07, 6.45) is -4.46. The summed E-state index contributed by atoms with van der Waals surface area (Å²) in [4.78, 5) is 13.8. The Bertz CT molecular complexity index is 728. The van der Waals surface area contributed by atoms with Gasteiger partial charge in [0.25, 0.3) is 0 Å². The quantitative estimate of drug-likeness (QED) is 0.924. The van der Waals surface area contributed by atoms with E-state index in [9.17, 15) is 18.0 Å². The molecule has 1 aliphatic heterocycles. The molecule has 1 aliphatic rings. The van der Waals surface area contributed by atoms with Crippen molar-refractivity contribution in [1.82, 2.24) is 19.7 Å². The molecule has 1 aromatic heterocycles. The fourth-order valence-corrected chi connectivity index (χ4v) is 2.72. The van der Waals surface area contributed by atoms with Gasteiger partial charge in [-0.05, 0) is 5.56 Å². The molecule has 0 saturated carbocycles. The van der Waals surface area contributed by atoms with Crippen molar-refractivity contribution in [2.45, 2.75) is 31.7 Å². The zero-order valence-electron chi connectivity index (χ0n) is 12.7. The highest BCUT2D eigenvalue weighted by Gasteiger charge is 2.39. The molecule has 1 amide bonds. The summed E-state index contributed by atoms with van der Waals surface area (Å²) in [5, 5.41) is 6.76. The summed E-state index contributed by atoms with van der Waals surface area (Å²) >= 11 is 0. The summed E-state index contributed by atoms with van der Waals surface area (Å²) in [6, 6.07) is 8.74. The number of hydrogen-bond donors (Lipinski definition) is 1. The molecule has 0 spiro atoms. The minimum atomic E-state index is -4.55. The number of carbonyl (C=O) groups is 1. The molecule has 2 heterocycles. The lowest BCUT2D eigenvalue weighted by Crippen LogP contribution is -2.40. The number of alkyl halides is 3. The van der Waals surface area contributed by atoms with Gasteiger partial charge in [-0.25, -0.2) is 0 Å². The van der Waals surface area contributed by atoms with Crippen LogP contribution in [-0.2, 0) is 24.1 Å². The summed E-state index contributed by atoms with van der Waals surface area (Å²) in [5.41, 5.74) is 6.87. The molecule has 2 aromatic rings. The van der Waals surface area contributed by atoms with Crippen molar-refractivity contribution in [3.63, 3.8) is 0 Å². The van der Waals surface area contributed by atoms with Gasteiger partial charge in [0, 0.05) is 25.6 Å². The number of carbonyl (C=O) groups excluding carboxylic acids is 1. The SMILES string of the molecule is NC(CC(=O)N1CCn2c(nnc2C(F)(F)F)C1)c1ccccc1. The van der Waals surface area contributed by atoms with E-state index >= 15 is 0 Å². The fourth-order valence-electron chi connectivity index (χ4n) is 2.72. The van der Waals surface area contributed by atoms with E-state index in [-0.39, 0.29) is 37.8 Å². The van der Waals surface area contributed by atoms with Gasteiger partial charge < -0.3 is 15.2 Å². The van der Waals surface area contributed by atoms with Crippen molar-refractivity contribution < 1.29 is 18.0 Å². The van der Waals surface area contributed by atoms with Crippen LogP contribution in [0.4, 0.5) is 13.2 Å².